The lowest BCUT2D eigenvalue weighted by Gasteiger charge is -2.09. The average Bonchev–Trinajstić information content (AvgIpc) is 2.81. The zero-order valence-electron chi connectivity index (χ0n) is 12.5. The number of aromatic nitrogens is 2. The van der Waals surface area contributed by atoms with Crippen LogP contribution in [0.15, 0.2) is 30.3 Å². The van der Waals surface area contributed by atoms with Crippen LogP contribution in [0.25, 0.3) is 0 Å². The van der Waals surface area contributed by atoms with Crippen LogP contribution in [0, 0.1) is 0 Å². The fourth-order valence-electron chi connectivity index (χ4n) is 2.29. The molecule has 0 fully saturated rings. The molecule has 0 saturated carbocycles. The second-order valence-electron chi connectivity index (χ2n) is 5.39. The summed E-state index contributed by atoms with van der Waals surface area (Å²) < 4.78 is 2.14. The van der Waals surface area contributed by atoms with Gasteiger partial charge in [0.25, 0.3) is 0 Å². The van der Waals surface area contributed by atoms with Gasteiger partial charge in [0.2, 0.25) is 0 Å². The molecule has 0 aliphatic heterocycles. The van der Waals surface area contributed by atoms with Gasteiger partial charge in [-0.15, -0.1) is 0 Å². The Hall–Kier alpha value is -1.57. The van der Waals surface area contributed by atoms with Crippen molar-refractivity contribution in [1.29, 1.82) is 0 Å². The van der Waals surface area contributed by atoms with Crippen LogP contribution in [0.4, 0.5) is 0 Å². The van der Waals surface area contributed by atoms with Crippen molar-refractivity contribution in [3.63, 3.8) is 0 Å². The van der Waals surface area contributed by atoms with Gasteiger partial charge in [0.05, 0.1) is 12.2 Å². The van der Waals surface area contributed by atoms with Crippen LogP contribution in [-0.4, -0.2) is 9.78 Å². The standard InChI is InChI=1S/C17H24N2/c1-5-16-11-17(6-2)19(18-16)12-14-7-9-15(10-8-14)13(3)4/h7-11,13H,5-6,12H2,1-4H3. The van der Waals surface area contributed by atoms with E-state index in [4.69, 9.17) is 0 Å². The monoisotopic (exact) mass is 256 g/mol. The molecule has 0 amide bonds. The van der Waals surface area contributed by atoms with Crippen molar-refractivity contribution in [2.75, 3.05) is 0 Å². The van der Waals surface area contributed by atoms with Crippen molar-refractivity contribution in [3.05, 3.63) is 52.8 Å². The molecule has 0 aliphatic rings. The Morgan fingerprint density at radius 3 is 2.26 bits per heavy atom. The number of rotatable bonds is 5. The molecule has 1 heterocycles. The lowest BCUT2D eigenvalue weighted by molar-refractivity contribution is 0.640. The minimum absolute atomic E-state index is 0.594. The highest BCUT2D eigenvalue weighted by Gasteiger charge is 2.06. The molecule has 102 valence electrons. The van der Waals surface area contributed by atoms with E-state index < -0.39 is 0 Å². The third-order valence-electron chi connectivity index (χ3n) is 3.62. The first-order valence-corrected chi connectivity index (χ1v) is 7.28. The maximum absolute atomic E-state index is 4.67. The van der Waals surface area contributed by atoms with Crippen LogP contribution in [0.2, 0.25) is 0 Å². The largest absolute Gasteiger partial charge is 0.265 e. The van der Waals surface area contributed by atoms with Crippen LogP contribution >= 0.6 is 0 Å². The predicted molar refractivity (Wildman–Crippen MR) is 80.6 cm³/mol. The lowest BCUT2D eigenvalue weighted by atomic mass is 10.0. The molecule has 0 atom stereocenters. The summed E-state index contributed by atoms with van der Waals surface area (Å²) in [6.07, 6.45) is 2.05. The topological polar surface area (TPSA) is 17.8 Å². The summed E-state index contributed by atoms with van der Waals surface area (Å²) in [7, 11) is 0. The van der Waals surface area contributed by atoms with Crippen LogP contribution in [0.5, 0.6) is 0 Å². The highest BCUT2D eigenvalue weighted by Crippen LogP contribution is 2.16. The second-order valence-corrected chi connectivity index (χ2v) is 5.39. The van der Waals surface area contributed by atoms with E-state index in [2.05, 4.69) is 67.8 Å². The number of nitrogens with zero attached hydrogens (tertiary/aromatic N) is 2. The molecule has 2 heteroatoms. The first-order valence-electron chi connectivity index (χ1n) is 7.28. The normalized spacial score (nSPS) is 11.2. The van der Waals surface area contributed by atoms with E-state index in [1.807, 2.05) is 0 Å². The predicted octanol–water partition coefficient (Wildman–Crippen LogP) is 4.18. The summed E-state index contributed by atoms with van der Waals surface area (Å²) >= 11 is 0. The Balaban J connectivity index is 2.18. The summed E-state index contributed by atoms with van der Waals surface area (Å²) in [5.41, 5.74) is 5.24. The third-order valence-corrected chi connectivity index (χ3v) is 3.62. The number of hydrogen-bond acceptors (Lipinski definition) is 1. The Morgan fingerprint density at radius 1 is 1.05 bits per heavy atom. The van der Waals surface area contributed by atoms with Gasteiger partial charge >= 0.3 is 0 Å². The molecule has 2 aromatic rings. The summed E-state index contributed by atoms with van der Waals surface area (Å²) in [6, 6.07) is 11.1. The molecule has 0 N–H and O–H groups in total. The van der Waals surface area contributed by atoms with Crippen molar-refractivity contribution in [1.82, 2.24) is 9.78 Å². The summed E-state index contributed by atoms with van der Waals surface area (Å²) in [6.45, 7) is 9.68. The van der Waals surface area contributed by atoms with Gasteiger partial charge in [-0.25, -0.2) is 0 Å². The maximum atomic E-state index is 4.67. The van der Waals surface area contributed by atoms with Crippen LogP contribution < -0.4 is 0 Å². The molecule has 2 nitrogen and oxygen atoms in total. The van der Waals surface area contributed by atoms with Gasteiger partial charge in [-0.2, -0.15) is 5.10 Å². The first-order chi connectivity index (χ1) is 9.13. The van der Waals surface area contributed by atoms with E-state index in [1.54, 1.807) is 0 Å². The number of benzene rings is 1. The molecule has 0 saturated heterocycles. The van der Waals surface area contributed by atoms with Gasteiger partial charge in [-0.05, 0) is 36.0 Å². The Kier molecular flexibility index (Phi) is 4.41. The smallest absolute Gasteiger partial charge is 0.0662 e. The first kappa shape index (κ1) is 13.9. The lowest BCUT2D eigenvalue weighted by Crippen LogP contribution is -2.06. The highest BCUT2D eigenvalue weighted by molar-refractivity contribution is 5.25. The highest BCUT2D eigenvalue weighted by atomic mass is 15.3. The minimum atomic E-state index is 0.594. The number of hydrogen-bond donors (Lipinski definition) is 0. The summed E-state index contributed by atoms with van der Waals surface area (Å²) in [5.74, 6) is 0.594. The average molecular weight is 256 g/mol. The Labute approximate surface area is 116 Å². The van der Waals surface area contributed by atoms with Crippen LogP contribution in [0.1, 0.15) is 56.1 Å². The van der Waals surface area contributed by atoms with Crippen molar-refractivity contribution in [2.24, 2.45) is 0 Å². The molecule has 0 unspecified atom stereocenters. The van der Waals surface area contributed by atoms with Crippen LogP contribution in [-0.2, 0) is 19.4 Å². The fourth-order valence-corrected chi connectivity index (χ4v) is 2.29. The molecule has 1 aromatic carbocycles. The second kappa shape index (κ2) is 6.05. The summed E-state index contributed by atoms with van der Waals surface area (Å²) in [4.78, 5) is 0. The molecule has 1 aromatic heterocycles. The van der Waals surface area contributed by atoms with Crippen molar-refractivity contribution < 1.29 is 0 Å². The molecule has 0 aliphatic carbocycles. The summed E-state index contributed by atoms with van der Waals surface area (Å²) in [5, 5.41) is 4.67. The van der Waals surface area contributed by atoms with E-state index in [0.29, 0.717) is 5.92 Å². The molecule has 0 spiro atoms. The van der Waals surface area contributed by atoms with E-state index in [1.165, 1.54) is 22.5 Å². The number of aryl methyl sites for hydroxylation is 2. The zero-order valence-corrected chi connectivity index (χ0v) is 12.5. The zero-order chi connectivity index (χ0) is 13.8. The molecule has 0 bridgehead atoms. The van der Waals surface area contributed by atoms with Crippen molar-refractivity contribution >= 4 is 0 Å². The van der Waals surface area contributed by atoms with E-state index in [0.717, 1.165) is 19.4 Å². The maximum Gasteiger partial charge on any atom is 0.0662 e. The van der Waals surface area contributed by atoms with Crippen molar-refractivity contribution in [3.8, 4) is 0 Å². The van der Waals surface area contributed by atoms with Gasteiger partial charge in [-0.3, -0.25) is 4.68 Å². The molecular formula is C17H24N2. The van der Waals surface area contributed by atoms with Crippen LogP contribution in [0.3, 0.4) is 0 Å². The minimum Gasteiger partial charge on any atom is -0.265 e. The SMILES string of the molecule is CCc1cc(CC)n(Cc2ccc(C(C)C)cc2)n1. The third kappa shape index (κ3) is 3.25. The van der Waals surface area contributed by atoms with Crippen molar-refractivity contribution in [2.45, 2.75) is 53.0 Å². The Morgan fingerprint density at radius 2 is 1.74 bits per heavy atom. The van der Waals surface area contributed by atoms with E-state index >= 15 is 0 Å². The fraction of sp³-hybridized carbons (Fsp3) is 0.471. The van der Waals surface area contributed by atoms with E-state index in [9.17, 15) is 0 Å². The molecule has 0 radical (unpaired) electrons. The van der Waals surface area contributed by atoms with Gasteiger partial charge in [0.15, 0.2) is 0 Å². The molecule has 19 heavy (non-hydrogen) atoms. The van der Waals surface area contributed by atoms with Gasteiger partial charge in [0, 0.05) is 5.69 Å². The van der Waals surface area contributed by atoms with Gasteiger partial charge < -0.3 is 0 Å². The molecular weight excluding hydrogens is 232 g/mol. The van der Waals surface area contributed by atoms with E-state index in [-0.39, 0.29) is 0 Å². The van der Waals surface area contributed by atoms with Gasteiger partial charge in [-0.1, -0.05) is 52.0 Å². The molecule has 2 rings (SSSR count). The Bertz CT molecular complexity index is 521. The quantitative estimate of drug-likeness (QED) is 0.784. The van der Waals surface area contributed by atoms with Gasteiger partial charge in [0.1, 0.15) is 0 Å².